The molecule has 0 aliphatic heterocycles. The highest BCUT2D eigenvalue weighted by Gasteiger charge is 2.29. The molecule has 0 saturated heterocycles. The minimum Gasteiger partial charge on any atom is -0.355 e. The molecule has 1 unspecified atom stereocenters. The average molecular weight is 294 g/mol. The summed E-state index contributed by atoms with van der Waals surface area (Å²) in [6.07, 6.45) is 6.69. The average Bonchev–Trinajstić information content (AvgIpc) is 3.38. The molecule has 1 heterocycles. The van der Waals surface area contributed by atoms with Gasteiger partial charge in [-0.05, 0) is 48.9 Å². The van der Waals surface area contributed by atoms with Crippen molar-refractivity contribution < 1.29 is 4.79 Å². The number of hydrogen-bond donors (Lipinski definition) is 1. The number of benzene rings is 1. The van der Waals surface area contributed by atoms with Gasteiger partial charge in [0.2, 0.25) is 5.91 Å². The number of aromatic nitrogens is 1. The maximum atomic E-state index is 12.0. The Labute approximate surface area is 131 Å². The fraction of sp³-hybridized carbons (Fsp3) is 0.368. The van der Waals surface area contributed by atoms with E-state index in [1.165, 1.54) is 16.7 Å². The smallest absolute Gasteiger partial charge is 0.223 e. The fourth-order valence-corrected chi connectivity index (χ4v) is 2.85. The summed E-state index contributed by atoms with van der Waals surface area (Å²) < 4.78 is 0. The molecule has 1 amide bonds. The van der Waals surface area contributed by atoms with Gasteiger partial charge in [-0.1, -0.05) is 30.3 Å². The van der Waals surface area contributed by atoms with E-state index in [-0.39, 0.29) is 17.7 Å². The SMILES string of the molecule is Cc1ccccc1C(CNC(=O)C1CC1)Cc1cccnc1. The van der Waals surface area contributed by atoms with Gasteiger partial charge in [-0.3, -0.25) is 9.78 Å². The molecule has 22 heavy (non-hydrogen) atoms. The normalized spacial score (nSPS) is 15.3. The molecule has 1 atom stereocenters. The highest BCUT2D eigenvalue weighted by molar-refractivity contribution is 5.80. The number of hydrogen-bond acceptors (Lipinski definition) is 2. The van der Waals surface area contributed by atoms with Gasteiger partial charge in [0.25, 0.3) is 0 Å². The summed E-state index contributed by atoms with van der Waals surface area (Å²) in [6, 6.07) is 12.5. The van der Waals surface area contributed by atoms with E-state index in [1.807, 2.05) is 12.3 Å². The van der Waals surface area contributed by atoms with E-state index >= 15 is 0 Å². The lowest BCUT2D eigenvalue weighted by atomic mass is 9.89. The molecular weight excluding hydrogens is 272 g/mol. The lowest BCUT2D eigenvalue weighted by Gasteiger charge is -2.20. The van der Waals surface area contributed by atoms with Gasteiger partial charge in [0, 0.05) is 30.8 Å². The molecule has 0 bridgehead atoms. The number of pyridine rings is 1. The Kier molecular flexibility index (Phi) is 4.52. The fourth-order valence-electron chi connectivity index (χ4n) is 2.85. The summed E-state index contributed by atoms with van der Waals surface area (Å²) in [4.78, 5) is 16.2. The number of nitrogens with zero attached hydrogens (tertiary/aromatic N) is 1. The first kappa shape index (κ1) is 14.8. The molecule has 1 N–H and O–H groups in total. The number of aryl methyl sites for hydroxylation is 1. The van der Waals surface area contributed by atoms with E-state index in [0.717, 1.165) is 19.3 Å². The van der Waals surface area contributed by atoms with Gasteiger partial charge in [0.15, 0.2) is 0 Å². The maximum absolute atomic E-state index is 12.0. The summed E-state index contributed by atoms with van der Waals surface area (Å²) in [7, 11) is 0. The standard InChI is InChI=1S/C19H22N2O/c1-14-5-2-3-7-18(14)17(11-15-6-4-10-20-12-15)13-21-19(22)16-8-9-16/h2-7,10,12,16-17H,8-9,11,13H2,1H3,(H,21,22). The molecule has 1 saturated carbocycles. The second-order valence-corrected chi connectivity index (χ2v) is 6.14. The summed E-state index contributed by atoms with van der Waals surface area (Å²) in [5.74, 6) is 0.758. The molecule has 1 aromatic heterocycles. The van der Waals surface area contributed by atoms with Gasteiger partial charge in [-0.15, -0.1) is 0 Å². The molecule has 3 nitrogen and oxygen atoms in total. The van der Waals surface area contributed by atoms with Crippen molar-refractivity contribution in [1.29, 1.82) is 0 Å². The molecule has 3 rings (SSSR count). The molecule has 2 aromatic rings. The van der Waals surface area contributed by atoms with Gasteiger partial charge in [0.05, 0.1) is 0 Å². The number of amides is 1. The highest BCUT2D eigenvalue weighted by Crippen LogP contribution is 2.29. The van der Waals surface area contributed by atoms with Crippen LogP contribution in [0.15, 0.2) is 48.8 Å². The molecule has 1 fully saturated rings. The zero-order valence-electron chi connectivity index (χ0n) is 13.0. The lowest BCUT2D eigenvalue weighted by Crippen LogP contribution is -2.30. The van der Waals surface area contributed by atoms with E-state index in [0.29, 0.717) is 6.54 Å². The third-order valence-corrected chi connectivity index (χ3v) is 4.30. The third kappa shape index (κ3) is 3.73. The first-order valence-electron chi connectivity index (χ1n) is 7.96. The Morgan fingerprint density at radius 2 is 2.09 bits per heavy atom. The van der Waals surface area contributed by atoms with Crippen molar-refractivity contribution in [3.63, 3.8) is 0 Å². The van der Waals surface area contributed by atoms with Crippen molar-refractivity contribution in [1.82, 2.24) is 10.3 Å². The van der Waals surface area contributed by atoms with Crippen molar-refractivity contribution in [2.75, 3.05) is 6.54 Å². The highest BCUT2D eigenvalue weighted by atomic mass is 16.2. The summed E-state index contributed by atoms with van der Waals surface area (Å²) in [5.41, 5.74) is 3.79. The van der Waals surface area contributed by atoms with Crippen molar-refractivity contribution in [3.05, 3.63) is 65.5 Å². The van der Waals surface area contributed by atoms with Crippen LogP contribution in [0, 0.1) is 12.8 Å². The van der Waals surface area contributed by atoms with Crippen molar-refractivity contribution >= 4 is 5.91 Å². The van der Waals surface area contributed by atoms with Crippen molar-refractivity contribution in [2.24, 2.45) is 5.92 Å². The Morgan fingerprint density at radius 1 is 1.27 bits per heavy atom. The molecule has 3 heteroatoms. The number of carbonyl (C=O) groups is 1. The number of carbonyl (C=O) groups excluding carboxylic acids is 1. The minimum absolute atomic E-state index is 0.213. The van der Waals surface area contributed by atoms with Crippen LogP contribution in [0.3, 0.4) is 0 Å². The molecule has 1 aliphatic rings. The van der Waals surface area contributed by atoms with Crippen molar-refractivity contribution in [3.8, 4) is 0 Å². The van der Waals surface area contributed by atoms with E-state index in [4.69, 9.17) is 0 Å². The molecule has 114 valence electrons. The molecular formula is C19H22N2O. The molecule has 1 aromatic carbocycles. The topological polar surface area (TPSA) is 42.0 Å². The van der Waals surface area contributed by atoms with Crippen LogP contribution in [0.2, 0.25) is 0 Å². The van der Waals surface area contributed by atoms with E-state index in [1.54, 1.807) is 6.20 Å². The molecule has 0 radical (unpaired) electrons. The van der Waals surface area contributed by atoms with Crippen LogP contribution in [0.4, 0.5) is 0 Å². The Balaban J connectivity index is 1.75. The lowest BCUT2D eigenvalue weighted by molar-refractivity contribution is -0.122. The van der Waals surface area contributed by atoms with Gasteiger partial charge >= 0.3 is 0 Å². The second-order valence-electron chi connectivity index (χ2n) is 6.14. The van der Waals surface area contributed by atoms with Crippen LogP contribution in [0.5, 0.6) is 0 Å². The largest absolute Gasteiger partial charge is 0.355 e. The first-order chi connectivity index (χ1) is 10.7. The van der Waals surface area contributed by atoms with E-state index in [2.05, 4.69) is 47.6 Å². The van der Waals surface area contributed by atoms with Crippen LogP contribution < -0.4 is 5.32 Å². The van der Waals surface area contributed by atoms with E-state index in [9.17, 15) is 4.79 Å². The van der Waals surface area contributed by atoms with Gasteiger partial charge in [-0.25, -0.2) is 0 Å². The zero-order valence-corrected chi connectivity index (χ0v) is 13.0. The maximum Gasteiger partial charge on any atom is 0.223 e. The third-order valence-electron chi connectivity index (χ3n) is 4.30. The molecule has 1 aliphatic carbocycles. The second kappa shape index (κ2) is 6.73. The van der Waals surface area contributed by atoms with Crippen LogP contribution >= 0.6 is 0 Å². The van der Waals surface area contributed by atoms with Crippen LogP contribution in [0.25, 0.3) is 0 Å². The van der Waals surface area contributed by atoms with Gasteiger partial charge in [-0.2, -0.15) is 0 Å². The van der Waals surface area contributed by atoms with Gasteiger partial charge < -0.3 is 5.32 Å². The summed E-state index contributed by atoms with van der Waals surface area (Å²) in [5, 5.41) is 3.13. The monoisotopic (exact) mass is 294 g/mol. The minimum atomic E-state index is 0.213. The predicted molar refractivity (Wildman–Crippen MR) is 87.6 cm³/mol. The van der Waals surface area contributed by atoms with Crippen LogP contribution in [-0.4, -0.2) is 17.4 Å². The zero-order chi connectivity index (χ0) is 15.4. The number of rotatable bonds is 6. The number of nitrogens with one attached hydrogen (secondary N) is 1. The Bertz CT molecular complexity index is 635. The summed E-state index contributed by atoms with van der Waals surface area (Å²) in [6.45, 7) is 2.82. The van der Waals surface area contributed by atoms with E-state index < -0.39 is 0 Å². The summed E-state index contributed by atoms with van der Waals surface area (Å²) >= 11 is 0. The van der Waals surface area contributed by atoms with Crippen molar-refractivity contribution in [2.45, 2.75) is 32.1 Å². The Hall–Kier alpha value is -2.16. The first-order valence-corrected chi connectivity index (χ1v) is 7.96. The van der Waals surface area contributed by atoms with Gasteiger partial charge in [0.1, 0.15) is 0 Å². The molecule has 0 spiro atoms. The predicted octanol–water partition coefficient (Wildman–Crippen LogP) is 3.24. The van der Waals surface area contributed by atoms with Crippen LogP contribution in [-0.2, 0) is 11.2 Å². The Morgan fingerprint density at radius 3 is 2.77 bits per heavy atom. The quantitative estimate of drug-likeness (QED) is 0.888. The van der Waals surface area contributed by atoms with Crippen LogP contribution in [0.1, 0.15) is 35.4 Å².